The normalized spacial score (nSPS) is 19.0. The number of hydrogen-bond acceptors (Lipinski definition) is 6. The molecule has 35 heavy (non-hydrogen) atoms. The molecule has 0 aromatic heterocycles. The maximum atomic E-state index is 12.9. The van der Waals surface area contributed by atoms with Gasteiger partial charge in [-0.15, -0.1) is 0 Å². The number of nitrogens with zero attached hydrogens (tertiary/aromatic N) is 4. The summed E-state index contributed by atoms with van der Waals surface area (Å²) in [5.41, 5.74) is 0.757. The smallest absolute Gasteiger partial charge is 0.273 e. The average Bonchev–Trinajstić information content (AvgIpc) is 3.41. The first-order chi connectivity index (χ1) is 16.7. The van der Waals surface area contributed by atoms with E-state index in [2.05, 4.69) is 16.7 Å². The highest BCUT2D eigenvalue weighted by Gasteiger charge is 2.41. The molecule has 3 aliphatic rings. The minimum Gasteiger partial charge on any atom is -0.358 e. The molecule has 2 aromatic carbocycles. The summed E-state index contributed by atoms with van der Waals surface area (Å²) in [6, 6.07) is 10.3. The first-order valence-electron chi connectivity index (χ1n) is 12.0. The SMILES string of the molecule is CCN1C=C2C(=O)N(C3CCN(C(=O)CCS(=O)(=O)c4ccc5cc(Cl)ccc5c4)CC3)CN2C1. The Morgan fingerprint density at radius 3 is 2.49 bits per heavy atom. The zero-order valence-electron chi connectivity index (χ0n) is 19.7. The van der Waals surface area contributed by atoms with E-state index in [0.29, 0.717) is 37.6 Å². The standard InChI is InChI=1S/C25H29ClN4O4S/c1-2-27-15-23-25(32)30(17-29(23)16-27)21-7-10-28(11-8-21)24(31)9-12-35(33,34)22-6-4-18-13-20(26)5-3-19(18)14-22/h3-6,13-15,21H,2,7-12,16-17H2,1H3. The lowest BCUT2D eigenvalue weighted by atomic mass is 10.0. The lowest BCUT2D eigenvalue weighted by Gasteiger charge is -2.36. The predicted octanol–water partition coefficient (Wildman–Crippen LogP) is 2.88. The summed E-state index contributed by atoms with van der Waals surface area (Å²) in [7, 11) is -3.59. The van der Waals surface area contributed by atoms with Crippen molar-refractivity contribution in [2.24, 2.45) is 0 Å². The first kappa shape index (κ1) is 23.9. The number of rotatable bonds is 6. The number of carbonyl (C=O) groups is 2. The van der Waals surface area contributed by atoms with Crippen molar-refractivity contribution in [3.05, 3.63) is 53.3 Å². The second-order valence-electron chi connectivity index (χ2n) is 9.35. The highest BCUT2D eigenvalue weighted by molar-refractivity contribution is 7.91. The molecule has 0 atom stereocenters. The van der Waals surface area contributed by atoms with E-state index < -0.39 is 9.84 Å². The summed E-state index contributed by atoms with van der Waals surface area (Å²) in [6.07, 6.45) is 3.29. The average molecular weight is 517 g/mol. The summed E-state index contributed by atoms with van der Waals surface area (Å²) in [4.78, 5) is 33.7. The van der Waals surface area contributed by atoms with Crippen LogP contribution in [-0.4, -0.2) is 84.6 Å². The van der Waals surface area contributed by atoms with Crippen molar-refractivity contribution < 1.29 is 18.0 Å². The molecule has 5 rings (SSSR count). The molecule has 3 aliphatic heterocycles. The number of sulfone groups is 1. The van der Waals surface area contributed by atoms with Gasteiger partial charge in [-0.25, -0.2) is 8.42 Å². The van der Waals surface area contributed by atoms with Crippen LogP contribution < -0.4 is 0 Å². The molecule has 2 amide bonds. The lowest BCUT2D eigenvalue weighted by Crippen LogP contribution is -2.48. The van der Waals surface area contributed by atoms with Crippen molar-refractivity contribution in [2.75, 3.05) is 38.7 Å². The second-order valence-corrected chi connectivity index (χ2v) is 11.9. The summed E-state index contributed by atoms with van der Waals surface area (Å²) in [6.45, 7) is 5.34. The Balaban J connectivity index is 1.15. The van der Waals surface area contributed by atoms with Crippen LogP contribution in [0.25, 0.3) is 10.8 Å². The van der Waals surface area contributed by atoms with Crippen LogP contribution in [0.15, 0.2) is 53.2 Å². The fraction of sp³-hybridized carbons (Fsp3) is 0.440. The zero-order chi connectivity index (χ0) is 24.7. The molecule has 2 aromatic rings. The number of carbonyl (C=O) groups excluding carboxylic acids is 2. The highest BCUT2D eigenvalue weighted by atomic mass is 35.5. The number of halogens is 1. The quantitative estimate of drug-likeness (QED) is 0.587. The molecule has 0 unspecified atom stereocenters. The fourth-order valence-corrected chi connectivity index (χ4v) is 6.52. The number of piperidine rings is 1. The summed E-state index contributed by atoms with van der Waals surface area (Å²) in [5.74, 6) is -0.323. The Bertz CT molecular complexity index is 1300. The maximum absolute atomic E-state index is 12.9. The summed E-state index contributed by atoms with van der Waals surface area (Å²) < 4.78 is 25.8. The minimum atomic E-state index is -3.59. The van der Waals surface area contributed by atoms with Crippen LogP contribution in [0.3, 0.4) is 0 Å². The summed E-state index contributed by atoms with van der Waals surface area (Å²) >= 11 is 6.01. The molecule has 0 radical (unpaired) electrons. The van der Waals surface area contributed by atoms with E-state index >= 15 is 0 Å². The largest absolute Gasteiger partial charge is 0.358 e. The zero-order valence-corrected chi connectivity index (χ0v) is 21.3. The van der Waals surface area contributed by atoms with Crippen molar-refractivity contribution in [2.45, 2.75) is 37.1 Å². The Labute approximate surface area is 210 Å². The van der Waals surface area contributed by atoms with Crippen LogP contribution in [0.5, 0.6) is 0 Å². The van der Waals surface area contributed by atoms with E-state index in [1.54, 1.807) is 41.3 Å². The first-order valence-corrected chi connectivity index (χ1v) is 14.0. The van der Waals surface area contributed by atoms with Crippen LogP contribution in [0.2, 0.25) is 5.02 Å². The molecule has 2 fully saturated rings. The van der Waals surface area contributed by atoms with Gasteiger partial charge in [0.1, 0.15) is 5.70 Å². The van der Waals surface area contributed by atoms with Gasteiger partial charge in [-0.3, -0.25) is 9.59 Å². The Kier molecular flexibility index (Phi) is 6.40. The molecule has 0 saturated carbocycles. The third-order valence-corrected chi connectivity index (χ3v) is 9.13. The van der Waals surface area contributed by atoms with Crippen molar-refractivity contribution in [1.82, 2.24) is 19.6 Å². The Morgan fingerprint density at radius 1 is 1.06 bits per heavy atom. The predicted molar refractivity (Wildman–Crippen MR) is 134 cm³/mol. The van der Waals surface area contributed by atoms with E-state index in [4.69, 9.17) is 11.6 Å². The van der Waals surface area contributed by atoms with Gasteiger partial charge in [-0.1, -0.05) is 23.7 Å². The molecule has 0 N–H and O–H groups in total. The van der Waals surface area contributed by atoms with Crippen LogP contribution in [0.4, 0.5) is 0 Å². The van der Waals surface area contributed by atoms with Gasteiger partial charge in [0, 0.05) is 43.3 Å². The molecule has 2 saturated heterocycles. The number of benzene rings is 2. The van der Waals surface area contributed by atoms with Crippen molar-refractivity contribution in [3.8, 4) is 0 Å². The molecule has 0 bridgehead atoms. The van der Waals surface area contributed by atoms with Gasteiger partial charge in [0.05, 0.1) is 24.0 Å². The number of likely N-dealkylation sites (tertiary alicyclic amines) is 1. The van der Waals surface area contributed by atoms with Crippen molar-refractivity contribution in [3.63, 3.8) is 0 Å². The van der Waals surface area contributed by atoms with Crippen LogP contribution in [0.1, 0.15) is 26.2 Å². The number of hydrogen-bond donors (Lipinski definition) is 0. The van der Waals surface area contributed by atoms with E-state index in [1.807, 2.05) is 11.1 Å². The highest BCUT2D eigenvalue weighted by Crippen LogP contribution is 2.30. The molecule has 0 aliphatic carbocycles. The summed E-state index contributed by atoms with van der Waals surface area (Å²) in [5, 5.41) is 2.25. The third kappa shape index (κ3) is 4.71. The Morgan fingerprint density at radius 2 is 1.77 bits per heavy atom. The monoisotopic (exact) mass is 516 g/mol. The van der Waals surface area contributed by atoms with Gasteiger partial charge in [0.2, 0.25) is 5.91 Å². The van der Waals surface area contributed by atoms with Crippen molar-refractivity contribution >= 4 is 44.0 Å². The van der Waals surface area contributed by atoms with Gasteiger partial charge in [-0.2, -0.15) is 0 Å². The molecule has 186 valence electrons. The van der Waals surface area contributed by atoms with Gasteiger partial charge >= 0.3 is 0 Å². The maximum Gasteiger partial charge on any atom is 0.273 e. The topological polar surface area (TPSA) is 81.2 Å². The Hall–Kier alpha value is -2.78. The van der Waals surface area contributed by atoms with Gasteiger partial charge in [0.25, 0.3) is 5.91 Å². The van der Waals surface area contributed by atoms with Gasteiger partial charge in [0.15, 0.2) is 9.84 Å². The van der Waals surface area contributed by atoms with Crippen molar-refractivity contribution in [1.29, 1.82) is 0 Å². The molecule has 0 spiro atoms. The molecular formula is C25H29ClN4O4S. The van der Waals surface area contributed by atoms with E-state index in [9.17, 15) is 18.0 Å². The second kappa shape index (κ2) is 9.35. The molecule has 8 nitrogen and oxygen atoms in total. The van der Waals surface area contributed by atoms with Crippen LogP contribution >= 0.6 is 11.6 Å². The molecular weight excluding hydrogens is 488 g/mol. The van der Waals surface area contributed by atoms with Crippen LogP contribution in [-0.2, 0) is 19.4 Å². The number of fused-ring (bicyclic) bond motifs is 2. The van der Waals surface area contributed by atoms with Crippen LogP contribution in [0, 0.1) is 0 Å². The van der Waals surface area contributed by atoms with Gasteiger partial charge < -0.3 is 19.6 Å². The molecule has 3 heterocycles. The lowest BCUT2D eigenvalue weighted by molar-refractivity contribution is -0.133. The van der Waals surface area contributed by atoms with Gasteiger partial charge in [-0.05, 0) is 54.8 Å². The molecule has 10 heteroatoms. The van der Waals surface area contributed by atoms with E-state index in [0.717, 1.165) is 29.7 Å². The minimum absolute atomic E-state index is 0.0538. The van der Waals surface area contributed by atoms with E-state index in [1.165, 1.54) is 0 Å². The van der Waals surface area contributed by atoms with E-state index in [-0.39, 0.29) is 34.9 Å². The third-order valence-electron chi connectivity index (χ3n) is 7.18. The fourth-order valence-electron chi connectivity index (χ4n) is 5.08. The number of amides is 2.